The fourth-order valence-electron chi connectivity index (χ4n) is 1.79. The summed E-state index contributed by atoms with van der Waals surface area (Å²) in [4.78, 5) is 0.341. The predicted octanol–water partition coefficient (Wildman–Crippen LogP) is 2.29. The van der Waals surface area contributed by atoms with Crippen molar-refractivity contribution in [1.29, 1.82) is 0 Å². The molecule has 1 aromatic rings. The third kappa shape index (κ3) is 4.58. The highest BCUT2D eigenvalue weighted by Gasteiger charge is 2.24. The Kier molecular flexibility index (Phi) is 5.74. The molecule has 1 unspecified atom stereocenters. The molecule has 0 aliphatic carbocycles. The third-order valence-electron chi connectivity index (χ3n) is 3.36. The van der Waals surface area contributed by atoms with Gasteiger partial charge in [0.15, 0.2) is 0 Å². The van der Waals surface area contributed by atoms with Crippen LogP contribution < -0.4 is 10.5 Å². The molecule has 5 heteroatoms. The summed E-state index contributed by atoms with van der Waals surface area (Å²) in [5.41, 5.74) is 6.89. The standard InChI is InChI=1S/C15H26N2O2S/c1-5-10-17-20(18,19)13-9-7-6-8-12(13)11-14(16)15(2,3)4/h6-9,14,17H,5,10-11,16H2,1-4H3. The van der Waals surface area contributed by atoms with Crippen LogP contribution in [-0.2, 0) is 16.4 Å². The summed E-state index contributed by atoms with van der Waals surface area (Å²) in [5, 5.41) is 0. The van der Waals surface area contributed by atoms with Crippen LogP contribution in [0.2, 0.25) is 0 Å². The van der Waals surface area contributed by atoms with E-state index in [4.69, 9.17) is 5.73 Å². The molecule has 0 fully saturated rings. The summed E-state index contributed by atoms with van der Waals surface area (Å²) >= 11 is 0. The molecule has 1 rings (SSSR count). The van der Waals surface area contributed by atoms with E-state index in [1.807, 2.05) is 19.1 Å². The van der Waals surface area contributed by atoms with Gasteiger partial charge >= 0.3 is 0 Å². The van der Waals surface area contributed by atoms with Gasteiger partial charge in [0.05, 0.1) is 4.90 Å². The van der Waals surface area contributed by atoms with Crippen LogP contribution in [0.3, 0.4) is 0 Å². The summed E-state index contributed by atoms with van der Waals surface area (Å²) in [7, 11) is -3.45. The van der Waals surface area contributed by atoms with E-state index in [2.05, 4.69) is 25.5 Å². The lowest BCUT2D eigenvalue weighted by Gasteiger charge is -2.27. The zero-order valence-electron chi connectivity index (χ0n) is 12.8. The minimum atomic E-state index is -3.45. The summed E-state index contributed by atoms with van der Waals surface area (Å²) in [6.07, 6.45) is 1.32. The highest BCUT2D eigenvalue weighted by Crippen LogP contribution is 2.24. The maximum Gasteiger partial charge on any atom is 0.240 e. The molecule has 0 aliphatic heterocycles. The molecule has 0 heterocycles. The number of nitrogens with two attached hydrogens (primary N) is 1. The normalized spacial score (nSPS) is 14.2. The lowest BCUT2D eigenvalue weighted by atomic mass is 9.84. The molecule has 0 aliphatic rings. The molecule has 1 atom stereocenters. The molecule has 20 heavy (non-hydrogen) atoms. The average molecular weight is 298 g/mol. The maximum absolute atomic E-state index is 12.3. The second-order valence-corrected chi connectivity index (χ2v) is 7.92. The minimum Gasteiger partial charge on any atom is -0.327 e. The Hall–Kier alpha value is -0.910. The van der Waals surface area contributed by atoms with Crippen molar-refractivity contribution in [2.24, 2.45) is 11.1 Å². The first-order chi connectivity index (χ1) is 9.18. The Morgan fingerprint density at radius 2 is 1.85 bits per heavy atom. The molecule has 0 bridgehead atoms. The fourth-order valence-corrected chi connectivity index (χ4v) is 3.17. The van der Waals surface area contributed by atoms with E-state index in [0.29, 0.717) is 17.9 Å². The van der Waals surface area contributed by atoms with Crippen LogP contribution in [0.25, 0.3) is 0 Å². The number of rotatable bonds is 6. The van der Waals surface area contributed by atoms with E-state index in [1.54, 1.807) is 12.1 Å². The van der Waals surface area contributed by atoms with Crippen LogP contribution in [0.5, 0.6) is 0 Å². The van der Waals surface area contributed by atoms with Gasteiger partial charge in [0, 0.05) is 12.6 Å². The average Bonchev–Trinajstić information content (AvgIpc) is 2.36. The van der Waals surface area contributed by atoms with Gasteiger partial charge in [0.2, 0.25) is 10.0 Å². The zero-order valence-corrected chi connectivity index (χ0v) is 13.6. The van der Waals surface area contributed by atoms with E-state index in [0.717, 1.165) is 12.0 Å². The van der Waals surface area contributed by atoms with Gasteiger partial charge in [-0.15, -0.1) is 0 Å². The first-order valence-corrected chi connectivity index (χ1v) is 8.50. The van der Waals surface area contributed by atoms with Gasteiger partial charge in [0.1, 0.15) is 0 Å². The summed E-state index contributed by atoms with van der Waals surface area (Å²) < 4.78 is 27.2. The lowest BCUT2D eigenvalue weighted by molar-refractivity contribution is 0.317. The molecule has 0 amide bonds. The maximum atomic E-state index is 12.3. The van der Waals surface area contributed by atoms with Crippen LogP contribution in [0, 0.1) is 5.41 Å². The Morgan fingerprint density at radius 1 is 1.25 bits per heavy atom. The quantitative estimate of drug-likeness (QED) is 0.846. The van der Waals surface area contributed by atoms with Crippen molar-refractivity contribution in [3.8, 4) is 0 Å². The van der Waals surface area contributed by atoms with E-state index >= 15 is 0 Å². The van der Waals surface area contributed by atoms with E-state index in [-0.39, 0.29) is 11.5 Å². The van der Waals surface area contributed by atoms with E-state index in [1.165, 1.54) is 0 Å². The predicted molar refractivity (Wildman–Crippen MR) is 83.1 cm³/mol. The Labute approximate surface area is 122 Å². The Morgan fingerprint density at radius 3 is 2.40 bits per heavy atom. The molecule has 0 radical (unpaired) electrons. The van der Waals surface area contributed by atoms with Crippen molar-refractivity contribution in [2.75, 3.05) is 6.54 Å². The number of hydrogen-bond acceptors (Lipinski definition) is 3. The van der Waals surface area contributed by atoms with Crippen LogP contribution in [0.1, 0.15) is 39.7 Å². The molecule has 0 saturated carbocycles. The molecular formula is C15H26N2O2S. The van der Waals surface area contributed by atoms with Crippen molar-refractivity contribution in [3.05, 3.63) is 29.8 Å². The highest BCUT2D eigenvalue weighted by molar-refractivity contribution is 7.89. The Bertz CT molecular complexity index is 533. The number of hydrogen-bond donors (Lipinski definition) is 2. The Balaban J connectivity index is 3.06. The number of nitrogens with one attached hydrogen (secondary N) is 1. The van der Waals surface area contributed by atoms with Crippen molar-refractivity contribution < 1.29 is 8.42 Å². The summed E-state index contributed by atoms with van der Waals surface area (Å²) in [6, 6.07) is 6.98. The van der Waals surface area contributed by atoms with Crippen molar-refractivity contribution in [1.82, 2.24) is 4.72 Å². The zero-order chi connectivity index (χ0) is 15.4. The molecule has 0 aromatic heterocycles. The molecular weight excluding hydrogens is 272 g/mol. The van der Waals surface area contributed by atoms with Crippen LogP contribution in [0.15, 0.2) is 29.2 Å². The van der Waals surface area contributed by atoms with E-state index in [9.17, 15) is 8.42 Å². The first kappa shape index (κ1) is 17.1. The highest BCUT2D eigenvalue weighted by atomic mass is 32.2. The number of benzene rings is 1. The van der Waals surface area contributed by atoms with Gasteiger partial charge in [-0.05, 0) is 29.9 Å². The van der Waals surface area contributed by atoms with Gasteiger partial charge in [0.25, 0.3) is 0 Å². The van der Waals surface area contributed by atoms with Crippen molar-refractivity contribution in [3.63, 3.8) is 0 Å². The van der Waals surface area contributed by atoms with Gasteiger partial charge in [-0.2, -0.15) is 0 Å². The first-order valence-electron chi connectivity index (χ1n) is 7.01. The lowest BCUT2D eigenvalue weighted by Crippen LogP contribution is -2.37. The number of sulfonamides is 1. The molecule has 1 aromatic carbocycles. The molecule has 4 nitrogen and oxygen atoms in total. The molecule has 0 saturated heterocycles. The largest absolute Gasteiger partial charge is 0.327 e. The second kappa shape index (κ2) is 6.70. The van der Waals surface area contributed by atoms with E-state index < -0.39 is 10.0 Å². The van der Waals surface area contributed by atoms with Gasteiger partial charge < -0.3 is 5.73 Å². The molecule has 0 spiro atoms. The van der Waals surface area contributed by atoms with Crippen molar-refractivity contribution in [2.45, 2.75) is 51.5 Å². The SMILES string of the molecule is CCCNS(=O)(=O)c1ccccc1CC(N)C(C)(C)C. The topological polar surface area (TPSA) is 72.2 Å². The smallest absolute Gasteiger partial charge is 0.240 e. The molecule has 114 valence electrons. The fraction of sp³-hybridized carbons (Fsp3) is 0.600. The van der Waals surface area contributed by atoms with Gasteiger partial charge in [-0.3, -0.25) is 0 Å². The van der Waals surface area contributed by atoms with Crippen LogP contribution in [-0.4, -0.2) is 21.0 Å². The summed E-state index contributed by atoms with van der Waals surface area (Å²) in [5.74, 6) is 0. The molecule has 3 N–H and O–H groups in total. The van der Waals surface area contributed by atoms with Gasteiger partial charge in [-0.25, -0.2) is 13.1 Å². The van der Waals surface area contributed by atoms with Gasteiger partial charge in [-0.1, -0.05) is 45.9 Å². The monoisotopic (exact) mass is 298 g/mol. The van der Waals surface area contributed by atoms with Crippen LogP contribution >= 0.6 is 0 Å². The summed E-state index contributed by atoms with van der Waals surface area (Å²) in [6.45, 7) is 8.56. The third-order valence-corrected chi connectivity index (χ3v) is 4.92. The van der Waals surface area contributed by atoms with Crippen molar-refractivity contribution >= 4 is 10.0 Å². The minimum absolute atomic E-state index is 0.0618. The second-order valence-electron chi connectivity index (χ2n) is 6.18. The van der Waals surface area contributed by atoms with Crippen LogP contribution in [0.4, 0.5) is 0 Å².